The summed E-state index contributed by atoms with van der Waals surface area (Å²) in [6.45, 7) is 17.4. The van der Waals surface area contributed by atoms with E-state index in [1.54, 1.807) is 0 Å². The third kappa shape index (κ3) is 4.13. The van der Waals surface area contributed by atoms with Crippen LogP contribution in [0.25, 0.3) is 0 Å². The van der Waals surface area contributed by atoms with Crippen molar-refractivity contribution in [2.75, 3.05) is 0 Å². The van der Waals surface area contributed by atoms with E-state index in [1.807, 2.05) is 5.57 Å². The van der Waals surface area contributed by atoms with Crippen LogP contribution in [0, 0.1) is 46.3 Å². The number of fused-ring (bicyclic) bond motifs is 3. The van der Waals surface area contributed by atoms with Crippen LogP contribution in [0.4, 0.5) is 0 Å². The van der Waals surface area contributed by atoms with Gasteiger partial charge in [-0.1, -0.05) is 79.4 Å². The third-order valence-corrected chi connectivity index (χ3v) is 9.77. The summed E-state index contributed by atoms with van der Waals surface area (Å²) in [6.07, 6.45) is 18.7. The second-order valence-corrected chi connectivity index (χ2v) is 12.2. The molecule has 0 aromatic rings. The number of hydrogen-bond donors (Lipinski definition) is 0. The van der Waals surface area contributed by atoms with Crippen molar-refractivity contribution in [2.45, 2.75) is 119 Å². The first-order chi connectivity index (χ1) is 13.2. The molecule has 0 heteroatoms. The van der Waals surface area contributed by atoms with Gasteiger partial charge in [0.05, 0.1) is 0 Å². The van der Waals surface area contributed by atoms with Crippen molar-refractivity contribution in [3.05, 3.63) is 11.6 Å². The molecule has 2 fully saturated rings. The summed E-state index contributed by atoms with van der Waals surface area (Å²) < 4.78 is 0. The van der Waals surface area contributed by atoms with E-state index in [2.05, 4.69) is 54.5 Å². The first-order valence-electron chi connectivity index (χ1n) is 12.9. The second-order valence-electron chi connectivity index (χ2n) is 12.2. The van der Waals surface area contributed by atoms with Gasteiger partial charge in [-0.05, 0) is 97.7 Å². The minimum atomic E-state index is 0.476. The molecule has 0 radical (unpaired) electrons. The van der Waals surface area contributed by atoms with E-state index in [9.17, 15) is 0 Å². The van der Waals surface area contributed by atoms with Crippen molar-refractivity contribution >= 4 is 0 Å². The predicted octanol–water partition coefficient (Wildman–Crippen LogP) is 9.05. The Morgan fingerprint density at radius 2 is 1.71 bits per heavy atom. The molecule has 3 aliphatic carbocycles. The van der Waals surface area contributed by atoms with Gasteiger partial charge in [0, 0.05) is 0 Å². The Morgan fingerprint density at radius 3 is 2.36 bits per heavy atom. The minimum Gasteiger partial charge on any atom is -0.0845 e. The zero-order valence-electron chi connectivity index (χ0n) is 20.3. The summed E-state index contributed by atoms with van der Waals surface area (Å²) in [4.78, 5) is 0. The fourth-order valence-electron chi connectivity index (χ4n) is 7.93. The highest BCUT2D eigenvalue weighted by Crippen LogP contribution is 2.66. The summed E-state index contributed by atoms with van der Waals surface area (Å²) in [5, 5.41) is 0. The van der Waals surface area contributed by atoms with Crippen molar-refractivity contribution in [1.82, 2.24) is 0 Å². The molecule has 0 amide bonds. The largest absolute Gasteiger partial charge is 0.0845 e. The molecule has 6 atom stereocenters. The van der Waals surface area contributed by atoms with Gasteiger partial charge in [0.25, 0.3) is 0 Å². The quantitative estimate of drug-likeness (QED) is 0.288. The van der Waals surface area contributed by atoms with Gasteiger partial charge in [0.15, 0.2) is 0 Å². The minimum absolute atomic E-state index is 0.476. The van der Waals surface area contributed by atoms with E-state index in [1.165, 1.54) is 70.6 Å². The van der Waals surface area contributed by atoms with Gasteiger partial charge in [-0.15, -0.1) is 0 Å². The summed E-state index contributed by atoms with van der Waals surface area (Å²) in [6, 6.07) is 0. The lowest BCUT2D eigenvalue weighted by atomic mass is 9.48. The van der Waals surface area contributed by atoms with Crippen LogP contribution in [0.3, 0.4) is 0 Å². The van der Waals surface area contributed by atoms with Crippen LogP contribution in [-0.2, 0) is 0 Å². The molecule has 0 spiro atoms. The molecule has 0 saturated heterocycles. The molecule has 3 aliphatic rings. The molecule has 0 bridgehead atoms. The molecule has 0 heterocycles. The summed E-state index contributed by atoms with van der Waals surface area (Å²) in [7, 11) is 0. The number of hydrogen-bond acceptors (Lipinski definition) is 0. The highest BCUT2D eigenvalue weighted by molar-refractivity contribution is 5.23. The van der Waals surface area contributed by atoms with Gasteiger partial charge in [-0.25, -0.2) is 0 Å². The normalized spacial score (nSPS) is 40.5. The van der Waals surface area contributed by atoms with Crippen LogP contribution in [0.5, 0.6) is 0 Å². The molecule has 0 aliphatic heterocycles. The maximum atomic E-state index is 2.73. The van der Waals surface area contributed by atoms with Crippen molar-refractivity contribution in [2.24, 2.45) is 46.3 Å². The molecular weight excluding hydrogens is 336 g/mol. The first-order valence-corrected chi connectivity index (χ1v) is 12.9. The Hall–Kier alpha value is -0.260. The SMILES string of the molecule is CCC1(C)C(CC(C)C)=CCC2C1CCC1(C)C(CCCCC(C)C)CCC21. The zero-order valence-corrected chi connectivity index (χ0v) is 20.3. The number of unbranched alkanes of at least 4 members (excludes halogenated alkanes) is 1. The van der Waals surface area contributed by atoms with Crippen LogP contribution >= 0.6 is 0 Å². The average Bonchev–Trinajstić information content (AvgIpc) is 2.97. The Kier molecular flexibility index (Phi) is 7.09. The Morgan fingerprint density at radius 1 is 0.964 bits per heavy atom. The van der Waals surface area contributed by atoms with E-state index >= 15 is 0 Å². The predicted molar refractivity (Wildman–Crippen MR) is 124 cm³/mol. The van der Waals surface area contributed by atoms with Crippen LogP contribution in [0.1, 0.15) is 119 Å². The monoisotopic (exact) mass is 386 g/mol. The van der Waals surface area contributed by atoms with Gasteiger partial charge in [-0.3, -0.25) is 0 Å². The van der Waals surface area contributed by atoms with E-state index < -0.39 is 0 Å². The fraction of sp³-hybridized carbons (Fsp3) is 0.929. The summed E-state index contributed by atoms with van der Waals surface area (Å²) >= 11 is 0. The van der Waals surface area contributed by atoms with Gasteiger partial charge in [0.1, 0.15) is 0 Å². The maximum absolute atomic E-state index is 2.73. The van der Waals surface area contributed by atoms with E-state index in [0.29, 0.717) is 10.8 Å². The molecule has 0 nitrogen and oxygen atoms in total. The smallest absolute Gasteiger partial charge is 0.00878 e. The number of allylic oxidation sites excluding steroid dienone is 2. The van der Waals surface area contributed by atoms with Crippen LogP contribution in [0.15, 0.2) is 11.6 Å². The zero-order chi connectivity index (χ0) is 20.5. The number of rotatable bonds is 8. The lowest BCUT2D eigenvalue weighted by Crippen LogP contribution is -2.48. The Labute approximate surface area is 177 Å². The van der Waals surface area contributed by atoms with Crippen LogP contribution in [-0.4, -0.2) is 0 Å². The average molecular weight is 387 g/mol. The molecule has 162 valence electrons. The van der Waals surface area contributed by atoms with Gasteiger partial charge in [0.2, 0.25) is 0 Å². The maximum Gasteiger partial charge on any atom is -0.00878 e. The lowest BCUT2D eigenvalue weighted by Gasteiger charge is -2.56. The summed E-state index contributed by atoms with van der Waals surface area (Å²) in [5.41, 5.74) is 2.94. The molecule has 28 heavy (non-hydrogen) atoms. The third-order valence-electron chi connectivity index (χ3n) is 9.77. The van der Waals surface area contributed by atoms with Crippen LogP contribution in [0.2, 0.25) is 0 Å². The van der Waals surface area contributed by atoms with Crippen molar-refractivity contribution in [3.63, 3.8) is 0 Å². The van der Waals surface area contributed by atoms with Crippen molar-refractivity contribution in [3.8, 4) is 0 Å². The van der Waals surface area contributed by atoms with E-state index in [0.717, 1.165) is 35.5 Å². The standard InChI is InChI=1S/C28H50/c1-8-27(6)23(19-21(4)5)13-15-24-25-16-14-22(12-10-9-11-20(2)3)28(25,7)18-17-26(24)27/h13,20-22,24-26H,8-12,14-19H2,1-7H3. The Bertz CT molecular complexity index is 540. The Balaban J connectivity index is 1.72. The van der Waals surface area contributed by atoms with Crippen LogP contribution < -0.4 is 0 Å². The first kappa shape index (κ1) is 22.4. The molecule has 0 aromatic carbocycles. The van der Waals surface area contributed by atoms with Crippen molar-refractivity contribution < 1.29 is 0 Å². The fourth-order valence-corrected chi connectivity index (χ4v) is 7.93. The van der Waals surface area contributed by atoms with Gasteiger partial charge < -0.3 is 0 Å². The topological polar surface area (TPSA) is 0 Å². The molecular formula is C28H50. The molecule has 3 rings (SSSR count). The highest BCUT2D eigenvalue weighted by Gasteiger charge is 2.57. The summed E-state index contributed by atoms with van der Waals surface area (Å²) in [5.74, 6) is 5.62. The van der Waals surface area contributed by atoms with Gasteiger partial charge >= 0.3 is 0 Å². The van der Waals surface area contributed by atoms with E-state index in [4.69, 9.17) is 0 Å². The lowest BCUT2D eigenvalue weighted by molar-refractivity contribution is -0.0379. The van der Waals surface area contributed by atoms with Crippen molar-refractivity contribution in [1.29, 1.82) is 0 Å². The molecule has 6 unspecified atom stereocenters. The molecule has 0 N–H and O–H groups in total. The highest BCUT2D eigenvalue weighted by atomic mass is 14.6. The van der Waals surface area contributed by atoms with E-state index in [-0.39, 0.29) is 0 Å². The molecule has 2 saturated carbocycles. The molecule has 0 aromatic heterocycles. The second kappa shape index (κ2) is 8.85. The van der Waals surface area contributed by atoms with Gasteiger partial charge in [-0.2, -0.15) is 0 Å².